The molecule has 0 atom stereocenters. The van der Waals surface area contributed by atoms with Crippen molar-refractivity contribution in [1.82, 2.24) is 14.6 Å². The first-order valence-corrected chi connectivity index (χ1v) is 8.73. The van der Waals surface area contributed by atoms with E-state index in [0.717, 1.165) is 11.3 Å². The molecular weight excluding hydrogens is 380 g/mol. The third-order valence-corrected chi connectivity index (χ3v) is 4.70. The van der Waals surface area contributed by atoms with Crippen LogP contribution in [-0.2, 0) is 27.4 Å². The first-order valence-electron chi connectivity index (χ1n) is 7.54. The Kier molecular flexibility index (Phi) is 5.69. The molecule has 0 saturated carbocycles. The van der Waals surface area contributed by atoms with Crippen LogP contribution in [-0.4, -0.2) is 34.1 Å². The van der Waals surface area contributed by atoms with Crippen molar-refractivity contribution in [2.45, 2.75) is 20.0 Å². The van der Waals surface area contributed by atoms with Crippen molar-refractivity contribution in [1.29, 1.82) is 0 Å². The number of halogens is 1. The highest BCUT2D eigenvalue weighted by atomic mass is 35.5. The molecule has 10 heteroatoms. The maximum Gasteiger partial charge on any atom is 0.317 e. The van der Waals surface area contributed by atoms with Gasteiger partial charge in [0.25, 0.3) is 0 Å². The summed E-state index contributed by atoms with van der Waals surface area (Å²) < 4.78 is 12.3. The standard InChI is InChI=1S/C16H15ClN4O4S/c1-10-19-16-21(20-10)12(8-24-13-6-4-3-5-11(13)17)14(26-16)7-15(22)25-9-18-23-2/h3-6,9H,7-8H2,1-2H3/b18-9+. The quantitative estimate of drug-likeness (QED) is 0.265. The molecule has 0 spiro atoms. The molecule has 0 aliphatic carbocycles. The zero-order valence-electron chi connectivity index (χ0n) is 14.0. The van der Waals surface area contributed by atoms with Crippen LogP contribution in [0.2, 0.25) is 5.02 Å². The van der Waals surface area contributed by atoms with Crippen molar-refractivity contribution in [3.63, 3.8) is 0 Å². The minimum atomic E-state index is -0.481. The molecule has 2 heterocycles. The van der Waals surface area contributed by atoms with Gasteiger partial charge in [-0.1, -0.05) is 40.2 Å². The van der Waals surface area contributed by atoms with E-state index in [1.165, 1.54) is 18.4 Å². The maximum atomic E-state index is 12.0. The van der Waals surface area contributed by atoms with Gasteiger partial charge in [0.05, 0.1) is 17.1 Å². The van der Waals surface area contributed by atoms with Crippen molar-refractivity contribution in [2.75, 3.05) is 7.11 Å². The molecule has 0 bridgehead atoms. The van der Waals surface area contributed by atoms with Crippen LogP contribution in [0.4, 0.5) is 0 Å². The number of hydrogen-bond donors (Lipinski definition) is 0. The zero-order valence-corrected chi connectivity index (χ0v) is 15.6. The summed E-state index contributed by atoms with van der Waals surface area (Å²) in [6, 6.07) is 7.17. The van der Waals surface area contributed by atoms with Crippen molar-refractivity contribution in [3.05, 3.63) is 45.7 Å². The number of carbonyl (C=O) groups is 1. The molecule has 0 fully saturated rings. The van der Waals surface area contributed by atoms with Crippen LogP contribution in [0.1, 0.15) is 16.4 Å². The van der Waals surface area contributed by atoms with Gasteiger partial charge in [-0.3, -0.25) is 4.79 Å². The highest BCUT2D eigenvalue weighted by Crippen LogP contribution is 2.27. The Balaban J connectivity index is 1.83. The maximum absolute atomic E-state index is 12.0. The van der Waals surface area contributed by atoms with Crippen molar-refractivity contribution >= 4 is 40.3 Å². The molecule has 3 aromatic rings. The smallest absolute Gasteiger partial charge is 0.317 e. The van der Waals surface area contributed by atoms with Crippen molar-refractivity contribution in [3.8, 4) is 5.75 Å². The molecule has 0 aliphatic heterocycles. The van der Waals surface area contributed by atoms with Gasteiger partial charge in [0.1, 0.15) is 25.3 Å². The minimum Gasteiger partial charge on any atom is -0.486 e. The second-order valence-electron chi connectivity index (χ2n) is 5.10. The average Bonchev–Trinajstić information content (AvgIpc) is 3.10. The number of thiazole rings is 1. The molecule has 8 nitrogen and oxygen atoms in total. The number of ether oxygens (including phenoxy) is 2. The Morgan fingerprint density at radius 3 is 3.00 bits per heavy atom. The van der Waals surface area contributed by atoms with Gasteiger partial charge in [0, 0.05) is 4.88 Å². The molecular formula is C16H15ClN4O4S. The highest BCUT2D eigenvalue weighted by Gasteiger charge is 2.19. The van der Waals surface area contributed by atoms with Gasteiger partial charge in [-0.15, -0.1) is 0 Å². The van der Waals surface area contributed by atoms with Crippen LogP contribution < -0.4 is 4.74 Å². The second-order valence-corrected chi connectivity index (χ2v) is 6.57. The van der Waals surface area contributed by atoms with Gasteiger partial charge in [0.2, 0.25) is 11.4 Å². The topological polar surface area (TPSA) is 87.3 Å². The molecule has 136 valence electrons. The minimum absolute atomic E-state index is 0.0334. The largest absolute Gasteiger partial charge is 0.486 e. The van der Waals surface area contributed by atoms with Crippen LogP contribution in [0.15, 0.2) is 29.4 Å². The fourth-order valence-corrected chi connectivity index (χ4v) is 3.49. The fraction of sp³-hybridized carbons (Fsp3) is 0.250. The molecule has 26 heavy (non-hydrogen) atoms. The Hall–Kier alpha value is -2.65. The predicted molar refractivity (Wildman–Crippen MR) is 96.7 cm³/mol. The number of benzene rings is 1. The highest BCUT2D eigenvalue weighted by molar-refractivity contribution is 7.17. The Labute approximate surface area is 157 Å². The normalized spacial score (nSPS) is 11.2. The van der Waals surface area contributed by atoms with Gasteiger partial charge in [-0.2, -0.15) is 5.10 Å². The van der Waals surface area contributed by atoms with E-state index in [4.69, 9.17) is 21.1 Å². The van der Waals surface area contributed by atoms with Gasteiger partial charge in [-0.25, -0.2) is 9.50 Å². The summed E-state index contributed by atoms with van der Waals surface area (Å²) in [5, 5.41) is 8.23. The number of aryl methyl sites for hydroxylation is 1. The fourth-order valence-electron chi connectivity index (χ4n) is 2.21. The number of esters is 1. The zero-order chi connectivity index (χ0) is 18.5. The number of carbonyl (C=O) groups excluding carboxylic acids is 1. The van der Waals surface area contributed by atoms with Gasteiger partial charge in [-0.05, 0) is 19.1 Å². The van der Waals surface area contributed by atoms with Crippen LogP contribution in [0.25, 0.3) is 4.96 Å². The number of fused-ring (bicyclic) bond motifs is 1. The van der Waals surface area contributed by atoms with Gasteiger partial charge >= 0.3 is 5.97 Å². The molecule has 2 aromatic heterocycles. The molecule has 0 unspecified atom stereocenters. The summed E-state index contributed by atoms with van der Waals surface area (Å²) in [6.45, 7) is 1.98. The summed E-state index contributed by atoms with van der Waals surface area (Å²) in [6.07, 6.45) is 0.981. The molecule has 3 rings (SSSR count). The summed E-state index contributed by atoms with van der Waals surface area (Å²) >= 11 is 7.48. The lowest BCUT2D eigenvalue weighted by atomic mass is 10.3. The lowest BCUT2D eigenvalue weighted by Crippen LogP contribution is -2.10. The van der Waals surface area contributed by atoms with E-state index in [-0.39, 0.29) is 13.0 Å². The summed E-state index contributed by atoms with van der Waals surface area (Å²) in [4.78, 5) is 22.2. The van der Waals surface area contributed by atoms with E-state index in [1.54, 1.807) is 23.6 Å². The number of nitrogens with zero attached hydrogens (tertiary/aromatic N) is 4. The number of rotatable bonds is 7. The van der Waals surface area contributed by atoms with E-state index < -0.39 is 5.97 Å². The molecule has 0 radical (unpaired) electrons. The van der Waals surface area contributed by atoms with E-state index in [1.807, 2.05) is 12.1 Å². The van der Waals surface area contributed by atoms with Gasteiger partial charge in [0.15, 0.2) is 0 Å². The summed E-state index contributed by atoms with van der Waals surface area (Å²) in [7, 11) is 1.36. The number of para-hydroxylation sites is 1. The number of aromatic nitrogens is 3. The Morgan fingerprint density at radius 2 is 2.23 bits per heavy atom. The number of hydrogen-bond acceptors (Lipinski definition) is 8. The third kappa shape index (κ3) is 4.12. The third-order valence-electron chi connectivity index (χ3n) is 3.31. The van der Waals surface area contributed by atoms with Crippen LogP contribution in [0, 0.1) is 6.92 Å². The average molecular weight is 395 g/mol. The van der Waals surface area contributed by atoms with E-state index >= 15 is 0 Å². The van der Waals surface area contributed by atoms with E-state index in [2.05, 4.69) is 20.1 Å². The Bertz CT molecular complexity index is 953. The lowest BCUT2D eigenvalue weighted by Gasteiger charge is -2.08. The lowest BCUT2D eigenvalue weighted by molar-refractivity contribution is -0.134. The van der Waals surface area contributed by atoms with Gasteiger partial charge < -0.3 is 14.3 Å². The van der Waals surface area contributed by atoms with Crippen LogP contribution >= 0.6 is 22.9 Å². The number of oxime groups is 1. The van der Waals surface area contributed by atoms with E-state index in [0.29, 0.717) is 27.3 Å². The van der Waals surface area contributed by atoms with Crippen LogP contribution in [0.5, 0.6) is 5.75 Å². The molecule has 1 aromatic carbocycles. The SMILES string of the molecule is CO/N=C/OC(=O)Cc1sc2nc(C)nn2c1COc1ccccc1Cl. The monoisotopic (exact) mass is 394 g/mol. The molecule has 0 amide bonds. The predicted octanol–water partition coefficient (Wildman–Crippen LogP) is 3.01. The van der Waals surface area contributed by atoms with E-state index in [9.17, 15) is 4.79 Å². The Morgan fingerprint density at radius 1 is 1.42 bits per heavy atom. The second kappa shape index (κ2) is 8.15. The summed E-state index contributed by atoms with van der Waals surface area (Å²) in [5.74, 6) is 0.703. The van der Waals surface area contributed by atoms with Crippen LogP contribution in [0.3, 0.4) is 0 Å². The molecule has 0 saturated heterocycles. The molecule has 0 aliphatic rings. The van der Waals surface area contributed by atoms with Crippen molar-refractivity contribution < 1.29 is 19.1 Å². The summed E-state index contributed by atoms with van der Waals surface area (Å²) in [5.41, 5.74) is 0.714. The molecule has 0 N–H and O–H groups in total. The first-order chi connectivity index (χ1) is 12.6. The first kappa shape index (κ1) is 18.2. The van der Waals surface area contributed by atoms with Crippen molar-refractivity contribution in [2.24, 2.45) is 5.16 Å².